The molecule has 0 saturated heterocycles. The molecule has 1 heterocycles. The van der Waals surface area contributed by atoms with E-state index in [1.165, 1.54) is 24.3 Å². The summed E-state index contributed by atoms with van der Waals surface area (Å²) in [4.78, 5) is 3.87. The molecule has 1 N–H and O–H groups in total. The van der Waals surface area contributed by atoms with Crippen molar-refractivity contribution in [3.63, 3.8) is 0 Å². The molecule has 0 unspecified atom stereocenters. The molecule has 0 amide bonds. The molecular formula is C22H23Cl3F7N3S. The Labute approximate surface area is 223 Å². The number of allylic oxidation sites excluding steroid dienone is 3. The highest BCUT2D eigenvalue weighted by Gasteiger charge is 2.39. The van der Waals surface area contributed by atoms with Crippen LogP contribution in [0.2, 0.25) is 0 Å². The van der Waals surface area contributed by atoms with Gasteiger partial charge in [-0.25, -0.2) is 9.37 Å². The Kier molecular flexibility index (Phi) is 13.6. The van der Waals surface area contributed by atoms with Gasteiger partial charge in [0.15, 0.2) is 10.8 Å². The fraction of sp³-hybridized carbons (Fsp3) is 0.409. The van der Waals surface area contributed by atoms with Gasteiger partial charge in [0, 0.05) is 29.0 Å². The van der Waals surface area contributed by atoms with E-state index >= 15 is 0 Å². The van der Waals surface area contributed by atoms with Crippen molar-refractivity contribution in [2.45, 2.75) is 39.3 Å². The molecule has 0 spiro atoms. The van der Waals surface area contributed by atoms with Crippen LogP contribution >= 0.6 is 46.1 Å². The molecule has 0 aliphatic rings. The molecule has 14 heteroatoms. The fourth-order valence-electron chi connectivity index (χ4n) is 2.72. The van der Waals surface area contributed by atoms with Crippen LogP contribution in [0.4, 0.5) is 35.9 Å². The van der Waals surface area contributed by atoms with Gasteiger partial charge in [0.2, 0.25) is 0 Å². The Morgan fingerprint density at radius 2 is 1.67 bits per heavy atom. The second kappa shape index (κ2) is 15.0. The predicted molar refractivity (Wildman–Crippen MR) is 132 cm³/mol. The zero-order valence-corrected chi connectivity index (χ0v) is 22.2. The van der Waals surface area contributed by atoms with Gasteiger partial charge in [-0.2, -0.15) is 26.3 Å². The van der Waals surface area contributed by atoms with E-state index in [9.17, 15) is 30.7 Å². The number of thiazole rings is 1. The standard InChI is InChI=1S/C20H17Cl3F7N3S.C2H6/c21-6-5-13(22)7-14(23)8-31-18-32-17(20(28,29)30)16(34-18)10-33(11-19(25,26)27)9-12-1-3-15(24)4-2-12;1-2/h1-5,7H,6,8-11H2,(H,31,32);1-2H3/b13-5+,14-7+;. The first kappa shape index (κ1) is 32.5. The van der Waals surface area contributed by atoms with Crippen molar-refractivity contribution in [3.05, 3.63) is 68.4 Å². The average Bonchev–Trinajstić information content (AvgIpc) is 3.17. The van der Waals surface area contributed by atoms with Gasteiger partial charge in [0.1, 0.15) is 5.82 Å². The quantitative estimate of drug-likeness (QED) is 0.168. The fourth-order valence-corrected chi connectivity index (χ4v) is 4.44. The molecule has 2 rings (SSSR count). The van der Waals surface area contributed by atoms with Gasteiger partial charge in [-0.05, 0) is 23.8 Å². The zero-order valence-electron chi connectivity index (χ0n) is 19.1. The molecular weight excluding hydrogens is 578 g/mol. The summed E-state index contributed by atoms with van der Waals surface area (Å²) in [7, 11) is 0. The van der Waals surface area contributed by atoms with Crippen LogP contribution in [0, 0.1) is 5.82 Å². The molecule has 1 aromatic heterocycles. The number of benzene rings is 1. The van der Waals surface area contributed by atoms with E-state index in [0.717, 1.165) is 17.0 Å². The van der Waals surface area contributed by atoms with Gasteiger partial charge in [0.05, 0.1) is 18.0 Å². The molecule has 0 atom stereocenters. The van der Waals surface area contributed by atoms with Crippen LogP contribution in [-0.2, 0) is 19.3 Å². The second-order valence-corrected chi connectivity index (χ2v) is 9.18. The lowest BCUT2D eigenvalue weighted by atomic mass is 10.2. The van der Waals surface area contributed by atoms with E-state index in [4.69, 9.17) is 34.8 Å². The summed E-state index contributed by atoms with van der Waals surface area (Å²) in [5.74, 6) is -0.458. The smallest absolute Gasteiger partial charge is 0.357 e. The van der Waals surface area contributed by atoms with E-state index in [-0.39, 0.29) is 34.2 Å². The molecule has 0 radical (unpaired) electrons. The molecule has 202 valence electrons. The lowest BCUT2D eigenvalue weighted by molar-refractivity contribution is -0.149. The number of halogens is 10. The number of hydrogen-bond acceptors (Lipinski definition) is 4. The lowest BCUT2D eigenvalue weighted by Crippen LogP contribution is -2.33. The van der Waals surface area contributed by atoms with Gasteiger partial charge < -0.3 is 5.32 Å². The Morgan fingerprint density at radius 3 is 2.19 bits per heavy atom. The van der Waals surface area contributed by atoms with Gasteiger partial charge in [-0.3, -0.25) is 4.90 Å². The highest BCUT2D eigenvalue weighted by Crippen LogP contribution is 2.37. The monoisotopic (exact) mass is 599 g/mol. The van der Waals surface area contributed by atoms with Gasteiger partial charge in [-0.15, -0.1) is 22.9 Å². The summed E-state index contributed by atoms with van der Waals surface area (Å²) in [5.41, 5.74) is -0.993. The maximum absolute atomic E-state index is 13.5. The second-order valence-electron chi connectivity index (χ2n) is 6.86. The van der Waals surface area contributed by atoms with Gasteiger partial charge in [0.25, 0.3) is 0 Å². The molecule has 0 aliphatic carbocycles. The Hall–Kier alpha value is -1.53. The topological polar surface area (TPSA) is 28.2 Å². The normalized spacial score (nSPS) is 13.0. The van der Waals surface area contributed by atoms with Gasteiger partial charge in [-0.1, -0.05) is 55.3 Å². The largest absolute Gasteiger partial charge is 0.434 e. The highest BCUT2D eigenvalue weighted by atomic mass is 35.5. The third-order valence-corrected chi connectivity index (χ3v) is 5.69. The number of nitrogens with zero attached hydrogens (tertiary/aromatic N) is 2. The molecule has 36 heavy (non-hydrogen) atoms. The van der Waals surface area contributed by atoms with Crippen LogP contribution in [0.25, 0.3) is 0 Å². The maximum Gasteiger partial charge on any atom is 0.434 e. The molecule has 0 bridgehead atoms. The van der Waals surface area contributed by atoms with Crippen molar-refractivity contribution in [1.82, 2.24) is 9.88 Å². The number of aromatic nitrogens is 1. The van der Waals surface area contributed by atoms with E-state index in [0.29, 0.717) is 16.9 Å². The number of alkyl halides is 7. The number of anilines is 1. The number of hydrogen-bond donors (Lipinski definition) is 1. The summed E-state index contributed by atoms with van der Waals surface area (Å²) >= 11 is 17.9. The SMILES string of the molecule is CC.Fc1ccc(CN(Cc2sc(NC/C(Cl)=C\C(Cl)=C/CCl)nc2C(F)(F)F)CC(F)(F)F)cc1. The minimum atomic E-state index is -4.89. The molecule has 0 saturated carbocycles. The van der Waals surface area contributed by atoms with Crippen LogP contribution in [0.15, 0.2) is 46.5 Å². The minimum absolute atomic E-state index is 0.125. The van der Waals surface area contributed by atoms with Crippen molar-refractivity contribution < 1.29 is 30.7 Å². The first-order valence-corrected chi connectivity index (χ1v) is 12.5. The molecule has 0 fully saturated rings. The third-order valence-electron chi connectivity index (χ3n) is 4.03. The first-order chi connectivity index (χ1) is 16.8. The Bertz CT molecular complexity index is 1000. The van der Waals surface area contributed by atoms with E-state index in [1.807, 2.05) is 13.8 Å². The summed E-state index contributed by atoms with van der Waals surface area (Å²) in [6.07, 6.45) is -6.77. The predicted octanol–water partition coefficient (Wildman–Crippen LogP) is 8.79. The maximum atomic E-state index is 13.5. The summed E-state index contributed by atoms with van der Waals surface area (Å²) < 4.78 is 93.0. The van der Waals surface area contributed by atoms with E-state index < -0.39 is 41.8 Å². The van der Waals surface area contributed by atoms with Gasteiger partial charge >= 0.3 is 12.4 Å². The number of rotatable bonds is 10. The zero-order chi connectivity index (χ0) is 27.5. The van der Waals surface area contributed by atoms with Crippen LogP contribution in [-0.4, -0.2) is 35.0 Å². The summed E-state index contributed by atoms with van der Waals surface area (Å²) in [6.45, 7) is 1.37. The highest BCUT2D eigenvalue weighted by molar-refractivity contribution is 7.15. The van der Waals surface area contributed by atoms with Crippen LogP contribution in [0.5, 0.6) is 0 Å². The molecule has 1 aromatic carbocycles. The van der Waals surface area contributed by atoms with Crippen LogP contribution < -0.4 is 5.32 Å². The van der Waals surface area contributed by atoms with Crippen molar-refractivity contribution in [3.8, 4) is 0 Å². The van der Waals surface area contributed by atoms with Crippen LogP contribution in [0.1, 0.15) is 30.0 Å². The van der Waals surface area contributed by atoms with Crippen molar-refractivity contribution in [1.29, 1.82) is 0 Å². The Morgan fingerprint density at radius 1 is 1.06 bits per heavy atom. The lowest BCUT2D eigenvalue weighted by Gasteiger charge is -2.23. The third kappa shape index (κ3) is 12.1. The number of nitrogens with one attached hydrogen (secondary N) is 1. The van der Waals surface area contributed by atoms with Crippen molar-refractivity contribution in [2.24, 2.45) is 0 Å². The molecule has 0 aliphatic heterocycles. The van der Waals surface area contributed by atoms with Crippen molar-refractivity contribution >= 4 is 51.3 Å². The minimum Gasteiger partial charge on any atom is -0.357 e. The van der Waals surface area contributed by atoms with E-state index in [2.05, 4.69) is 10.3 Å². The van der Waals surface area contributed by atoms with E-state index in [1.54, 1.807) is 0 Å². The Balaban J connectivity index is 0.00000316. The molecule has 2 aromatic rings. The van der Waals surface area contributed by atoms with Crippen LogP contribution in [0.3, 0.4) is 0 Å². The summed E-state index contributed by atoms with van der Waals surface area (Å²) in [5, 5.41) is 2.80. The van der Waals surface area contributed by atoms with Crippen molar-refractivity contribution in [2.75, 3.05) is 24.3 Å². The average molecular weight is 601 g/mol. The molecule has 3 nitrogen and oxygen atoms in total. The summed E-state index contributed by atoms with van der Waals surface area (Å²) in [6, 6.07) is 4.65. The first-order valence-electron chi connectivity index (χ1n) is 10.4.